The van der Waals surface area contributed by atoms with E-state index in [2.05, 4.69) is 16.4 Å². The van der Waals surface area contributed by atoms with Gasteiger partial charge in [0.15, 0.2) is 5.16 Å². The van der Waals surface area contributed by atoms with E-state index in [1.165, 1.54) is 30.2 Å². The fourth-order valence-corrected chi connectivity index (χ4v) is 4.59. The fourth-order valence-electron chi connectivity index (χ4n) is 3.64. The Kier molecular flexibility index (Phi) is 8.51. The molecule has 1 N–H and O–H groups in total. The molecule has 1 amide bonds. The second-order valence-corrected chi connectivity index (χ2v) is 8.93. The largest absolute Gasteiger partial charge is 0.385 e. The minimum absolute atomic E-state index is 0.0257. The van der Waals surface area contributed by atoms with Gasteiger partial charge in [-0.05, 0) is 57.6 Å². The fraction of sp³-hybridized carbons (Fsp3) is 0.522. The van der Waals surface area contributed by atoms with Gasteiger partial charge in [-0.25, -0.2) is 4.98 Å². The van der Waals surface area contributed by atoms with Crippen molar-refractivity contribution in [2.24, 2.45) is 0 Å². The molecule has 1 atom stereocenters. The highest BCUT2D eigenvalue weighted by Crippen LogP contribution is 2.23. The second kappa shape index (κ2) is 11.3. The maximum absolute atomic E-state index is 13.0. The minimum Gasteiger partial charge on any atom is -0.385 e. The average Bonchev–Trinajstić information content (AvgIpc) is 2.76. The van der Waals surface area contributed by atoms with Gasteiger partial charge in [-0.3, -0.25) is 14.2 Å². The van der Waals surface area contributed by atoms with Crippen molar-refractivity contribution in [3.05, 3.63) is 46.3 Å². The zero-order valence-corrected chi connectivity index (χ0v) is 18.7. The predicted molar refractivity (Wildman–Crippen MR) is 122 cm³/mol. The Morgan fingerprint density at radius 2 is 2.17 bits per heavy atom. The van der Waals surface area contributed by atoms with Crippen molar-refractivity contribution in [2.75, 3.05) is 20.3 Å². The lowest BCUT2D eigenvalue weighted by Crippen LogP contribution is -2.33. The van der Waals surface area contributed by atoms with Gasteiger partial charge < -0.3 is 10.1 Å². The molecule has 7 heteroatoms. The molecule has 1 aliphatic rings. The number of carbonyl (C=O) groups excluding carboxylic acids is 1. The Morgan fingerprint density at radius 1 is 1.33 bits per heavy atom. The molecule has 0 spiro atoms. The second-order valence-electron chi connectivity index (χ2n) is 7.62. The number of para-hydroxylation sites is 1. The smallest absolute Gasteiger partial charge is 0.262 e. The molecule has 6 nitrogen and oxygen atoms in total. The minimum atomic E-state index is -0.341. The molecule has 1 unspecified atom stereocenters. The number of ether oxygens (including phenoxy) is 1. The molecule has 1 aliphatic carbocycles. The Hall–Kier alpha value is -2.12. The molecule has 1 aromatic heterocycles. The summed E-state index contributed by atoms with van der Waals surface area (Å²) in [7, 11) is 1.65. The van der Waals surface area contributed by atoms with Gasteiger partial charge >= 0.3 is 0 Å². The van der Waals surface area contributed by atoms with Gasteiger partial charge in [0.2, 0.25) is 5.91 Å². The first-order valence-corrected chi connectivity index (χ1v) is 11.6. The maximum atomic E-state index is 13.0. The van der Waals surface area contributed by atoms with Crippen LogP contribution in [0.25, 0.3) is 10.9 Å². The molecule has 0 fully saturated rings. The molecule has 0 bridgehead atoms. The lowest BCUT2D eigenvalue weighted by Gasteiger charge is -2.17. The number of rotatable bonds is 10. The third-order valence-corrected chi connectivity index (χ3v) is 6.43. The molecule has 0 radical (unpaired) electrons. The van der Waals surface area contributed by atoms with Gasteiger partial charge in [0.05, 0.1) is 16.2 Å². The van der Waals surface area contributed by atoms with Crippen molar-refractivity contribution in [1.82, 2.24) is 14.9 Å². The van der Waals surface area contributed by atoms with Crippen molar-refractivity contribution >= 4 is 28.6 Å². The van der Waals surface area contributed by atoms with E-state index in [0.717, 1.165) is 19.3 Å². The van der Waals surface area contributed by atoms with Crippen molar-refractivity contribution in [3.8, 4) is 0 Å². The zero-order valence-electron chi connectivity index (χ0n) is 17.9. The van der Waals surface area contributed by atoms with E-state index in [1.54, 1.807) is 17.7 Å². The van der Waals surface area contributed by atoms with E-state index in [-0.39, 0.29) is 16.7 Å². The molecule has 30 heavy (non-hydrogen) atoms. The first-order chi connectivity index (χ1) is 14.6. The van der Waals surface area contributed by atoms with Crippen LogP contribution < -0.4 is 10.9 Å². The molecule has 162 valence electrons. The number of carbonyl (C=O) groups is 1. The Bertz CT molecular complexity index is 954. The summed E-state index contributed by atoms with van der Waals surface area (Å²) in [5.41, 5.74) is 2.03. The molecule has 2 aromatic rings. The van der Waals surface area contributed by atoms with Crippen LogP contribution in [0.4, 0.5) is 0 Å². The SMILES string of the molecule is COCCCn1c(SC(C)C(=O)NCCC2=CCCCC2)nc2ccccc2c1=O. The van der Waals surface area contributed by atoms with Crippen LogP contribution in [0, 0.1) is 0 Å². The lowest BCUT2D eigenvalue weighted by molar-refractivity contribution is -0.120. The molecule has 1 aromatic carbocycles. The number of amides is 1. The molecule has 3 rings (SSSR count). The standard InChI is InChI=1S/C23H31N3O3S/c1-17(21(27)24-14-13-18-9-4-3-5-10-18)30-23-25-20-12-7-6-11-19(20)22(28)26(23)15-8-16-29-2/h6-7,9,11-12,17H,3-5,8,10,13-16H2,1-2H3,(H,24,27). The first-order valence-electron chi connectivity index (χ1n) is 10.7. The highest BCUT2D eigenvalue weighted by atomic mass is 32.2. The summed E-state index contributed by atoms with van der Waals surface area (Å²) in [5.74, 6) is -0.0257. The highest BCUT2D eigenvalue weighted by molar-refractivity contribution is 8.00. The van der Waals surface area contributed by atoms with Gasteiger partial charge in [0.25, 0.3) is 5.56 Å². The third-order valence-electron chi connectivity index (χ3n) is 5.34. The number of methoxy groups -OCH3 is 1. The predicted octanol–water partition coefficient (Wildman–Crippen LogP) is 3.92. The Morgan fingerprint density at radius 3 is 2.93 bits per heavy atom. The van der Waals surface area contributed by atoms with Gasteiger partial charge in [-0.15, -0.1) is 0 Å². The topological polar surface area (TPSA) is 73.2 Å². The number of benzene rings is 1. The maximum Gasteiger partial charge on any atom is 0.262 e. The lowest BCUT2D eigenvalue weighted by atomic mass is 9.97. The monoisotopic (exact) mass is 429 g/mol. The number of aromatic nitrogens is 2. The molecular weight excluding hydrogens is 398 g/mol. The first kappa shape index (κ1) is 22.6. The van der Waals surface area contributed by atoms with Crippen molar-refractivity contribution in [2.45, 2.75) is 62.4 Å². The number of hydrogen-bond donors (Lipinski definition) is 1. The van der Waals surface area contributed by atoms with E-state index >= 15 is 0 Å². The number of nitrogens with zero attached hydrogens (tertiary/aromatic N) is 2. The van der Waals surface area contributed by atoms with E-state index in [0.29, 0.717) is 42.2 Å². The van der Waals surface area contributed by atoms with Crippen molar-refractivity contribution in [1.29, 1.82) is 0 Å². The third kappa shape index (κ3) is 5.95. The van der Waals surface area contributed by atoms with Crippen LogP contribution in [0.5, 0.6) is 0 Å². The van der Waals surface area contributed by atoms with Crippen LogP contribution in [0.3, 0.4) is 0 Å². The van der Waals surface area contributed by atoms with Gasteiger partial charge in [-0.2, -0.15) is 0 Å². The Balaban J connectivity index is 1.69. The van der Waals surface area contributed by atoms with Gasteiger partial charge in [-0.1, -0.05) is 35.5 Å². The number of fused-ring (bicyclic) bond motifs is 1. The molecule has 1 heterocycles. The van der Waals surface area contributed by atoms with Crippen molar-refractivity contribution in [3.63, 3.8) is 0 Å². The molecular formula is C23H31N3O3S. The number of thioether (sulfide) groups is 1. The summed E-state index contributed by atoms with van der Waals surface area (Å²) in [5, 5.41) is 3.87. The van der Waals surface area contributed by atoms with Crippen LogP contribution in [-0.2, 0) is 16.1 Å². The normalized spacial score (nSPS) is 15.1. The summed E-state index contributed by atoms with van der Waals surface area (Å²) < 4.78 is 6.80. The summed E-state index contributed by atoms with van der Waals surface area (Å²) >= 11 is 1.34. The number of allylic oxidation sites excluding steroid dienone is 1. The quantitative estimate of drug-likeness (QED) is 0.268. The van der Waals surface area contributed by atoms with E-state index < -0.39 is 0 Å². The summed E-state index contributed by atoms with van der Waals surface area (Å²) in [6, 6.07) is 7.34. The molecule has 0 aliphatic heterocycles. The van der Waals surface area contributed by atoms with Crippen LogP contribution in [0.2, 0.25) is 0 Å². The van der Waals surface area contributed by atoms with E-state index in [4.69, 9.17) is 4.74 Å². The van der Waals surface area contributed by atoms with Crippen molar-refractivity contribution < 1.29 is 9.53 Å². The molecule has 0 saturated heterocycles. The van der Waals surface area contributed by atoms with Crippen LogP contribution in [0.15, 0.2) is 45.9 Å². The summed E-state index contributed by atoms with van der Waals surface area (Å²) in [6.07, 6.45) is 8.76. The zero-order chi connectivity index (χ0) is 21.3. The Labute approximate surface area is 182 Å². The van der Waals surface area contributed by atoms with Gasteiger partial charge in [0.1, 0.15) is 0 Å². The van der Waals surface area contributed by atoms with Crippen LogP contribution >= 0.6 is 11.8 Å². The van der Waals surface area contributed by atoms with Crippen LogP contribution in [0.1, 0.15) is 45.4 Å². The average molecular weight is 430 g/mol. The summed E-state index contributed by atoms with van der Waals surface area (Å²) in [6.45, 7) is 3.59. The van der Waals surface area contributed by atoms with Crippen LogP contribution in [-0.4, -0.2) is 41.0 Å². The highest BCUT2D eigenvalue weighted by Gasteiger charge is 2.19. The number of hydrogen-bond acceptors (Lipinski definition) is 5. The van der Waals surface area contributed by atoms with Gasteiger partial charge in [0, 0.05) is 26.8 Å². The number of nitrogens with one attached hydrogen (secondary N) is 1. The molecule has 0 saturated carbocycles. The van der Waals surface area contributed by atoms with E-state index in [1.807, 2.05) is 25.1 Å². The van der Waals surface area contributed by atoms with E-state index in [9.17, 15) is 9.59 Å². The summed E-state index contributed by atoms with van der Waals surface area (Å²) in [4.78, 5) is 30.3.